The molecule has 5 N–H and O–H groups in total. The van der Waals surface area contributed by atoms with Gasteiger partial charge in [0.2, 0.25) is 5.91 Å². The highest BCUT2D eigenvalue weighted by molar-refractivity contribution is 6.07. The van der Waals surface area contributed by atoms with Crippen LogP contribution in [0, 0.1) is 0 Å². The molecule has 30 heavy (non-hydrogen) atoms. The van der Waals surface area contributed by atoms with E-state index in [1.165, 1.54) is 11.6 Å². The van der Waals surface area contributed by atoms with Crippen molar-refractivity contribution in [1.29, 1.82) is 0 Å². The maximum absolute atomic E-state index is 12.5. The average molecular weight is 404 g/mol. The fraction of sp³-hybridized carbons (Fsp3) is 0.261. The van der Waals surface area contributed by atoms with Gasteiger partial charge in [0.15, 0.2) is 0 Å². The van der Waals surface area contributed by atoms with E-state index >= 15 is 0 Å². The van der Waals surface area contributed by atoms with E-state index < -0.39 is 0 Å². The minimum atomic E-state index is -0.262. The molecule has 7 nitrogen and oxygen atoms in total. The van der Waals surface area contributed by atoms with E-state index in [0.717, 1.165) is 12.1 Å². The van der Waals surface area contributed by atoms with Crippen LogP contribution < -0.4 is 16.4 Å². The van der Waals surface area contributed by atoms with Crippen LogP contribution in [0.25, 0.3) is 10.9 Å². The van der Waals surface area contributed by atoms with Crippen LogP contribution >= 0.6 is 0 Å². The second-order valence-corrected chi connectivity index (χ2v) is 7.57. The van der Waals surface area contributed by atoms with Crippen LogP contribution in [0.15, 0.2) is 54.7 Å². The molecule has 1 aliphatic carbocycles. The number of aromatic hydroxyl groups is 1. The Kier molecular flexibility index (Phi) is 5.63. The van der Waals surface area contributed by atoms with Crippen molar-refractivity contribution in [3.8, 4) is 5.75 Å². The van der Waals surface area contributed by atoms with Crippen molar-refractivity contribution in [2.75, 3.05) is 11.9 Å². The fourth-order valence-corrected chi connectivity index (χ4v) is 3.54. The van der Waals surface area contributed by atoms with E-state index in [4.69, 9.17) is 5.73 Å². The Morgan fingerprint density at radius 1 is 1.13 bits per heavy atom. The third-order valence-corrected chi connectivity index (χ3v) is 5.32. The fourth-order valence-electron chi connectivity index (χ4n) is 3.54. The summed E-state index contributed by atoms with van der Waals surface area (Å²) in [5.41, 5.74) is 8.66. The first-order valence-corrected chi connectivity index (χ1v) is 10.0. The molecule has 0 aliphatic heterocycles. The molecule has 0 radical (unpaired) electrons. The number of nitrogens with zero attached hydrogens (tertiary/aromatic N) is 1. The van der Waals surface area contributed by atoms with E-state index in [0.29, 0.717) is 41.8 Å². The molecule has 2 unspecified atom stereocenters. The lowest BCUT2D eigenvalue weighted by Crippen LogP contribution is -2.25. The molecule has 1 fully saturated rings. The van der Waals surface area contributed by atoms with Crippen LogP contribution in [0.4, 0.5) is 5.69 Å². The van der Waals surface area contributed by atoms with Gasteiger partial charge in [-0.1, -0.05) is 18.2 Å². The number of amides is 2. The predicted molar refractivity (Wildman–Crippen MR) is 115 cm³/mol. The molecule has 0 saturated heterocycles. The smallest absolute Gasteiger partial charge is 0.251 e. The largest absolute Gasteiger partial charge is 0.506 e. The first-order chi connectivity index (χ1) is 14.5. The number of phenolic OH excluding ortho intramolecular Hbond substituents is 1. The Labute approximate surface area is 174 Å². The van der Waals surface area contributed by atoms with Crippen LogP contribution in [0.2, 0.25) is 0 Å². The van der Waals surface area contributed by atoms with Crippen molar-refractivity contribution in [1.82, 2.24) is 10.3 Å². The maximum atomic E-state index is 12.5. The van der Waals surface area contributed by atoms with E-state index in [2.05, 4.69) is 15.6 Å². The van der Waals surface area contributed by atoms with Gasteiger partial charge >= 0.3 is 0 Å². The van der Waals surface area contributed by atoms with Crippen LogP contribution in [-0.2, 0) is 4.79 Å². The van der Waals surface area contributed by atoms with Crippen molar-refractivity contribution < 1.29 is 14.7 Å². The van der Waals surface area contributed by atoms with Crippen LogP contribution in [0.1, 0.15) is 41.1 Å². The lowest BCUT2D eigenvalue weighted by atomic mass is 10.1. The summed E-state index contributed by atoms with van der Waals surface area (Å²) in [6.45, 7) is 0.368. The number of anilines is 1. The van der Waals surface area contributed by atoms with Crippen molar-refractivity contribution in [2.45, 2.75) is 31.2 Å². The standard InChI is InChI=1S/C23H24N4O3/c24-19-13-18(19)14-5-7-15(8-6-14)27-21(29)4-2-12-26-23(30)17-9-10-20(28)22-16(17)3-1-11-25-22/h1,3,5-11,18-19,28H,2,4,12-13,24H2,(H,26,30)(H,27,29). The second-order valence-electron chi connectivity index (χ2n) is 7.57. The van der Waals surface area contributed by atoms with Gasteiger partial charge in [-0.15, -0.1) is 0 Å². The second kappa shape index (κ2) is 8.51. The van der Waals surface area contributed by atoms with Gasteiger partial charge in [0.05, 0.1) is 0 Å². The molecular weight excluding hydrogens is 380 g/mol. The Morgan fingerprint density at radius 2 is 1.90 bits per heavy atom. The minimum absolute atomic E-state index is 0.0341. The topological polar surface area (TPSA) is 117 Å². The molecule has 2 aromatic carbocycles. The molecule has 0 bridgehead atoms. The Balaban J connectivity index is 1.24. The highest BCUT2D eigenvalue weighted by Gasteiger charge is 2.34. The molecule has 0 spiro atoms. The number of nitrogens with one attached hydrogen (secondary N) is 2. The number of carbonyl (C=O) groups is 2. The van der Waals surface area contributed by atoms with Crippen LogP contribution in [0.3, 0.4) is 0 Å². The quantitative estimate of drug-likeness (QED) is 0.452. The normalized spacial score (nSPS) is 17.5. The summed E-state index contributed by atoms with van der Waals surface area (Å²) in [4.78, 5) is 28.7. The van der Waals surface area contributed by atoms with Crippen molar-refractivity contribution in [3.63, 3.8) is 0 Å². The number of hydrogen-bond donors (Lipinski definition) is 4. The highest BCUT2D eigenvalue weighted by Crippen LogP contribution is 2.39. The number of pyridine rings is 1. The Morgan fingerprint density at radius 3 is 2.63 bits per heavy atom. The Bertz CT molecular complexity index is 1080. The van der Waals surface area contributed by atoms with Crippen molar-refractivity contribution in [2.24, 2.45) is 5.73 Å². The summed E-state index contributed by atoms with van der Waals surface area (Å²) in [6.07, 6.45) is 3.40. The molecule has 3 aromatic rings. The van der Waals surface area contributed by atoms with Crippen LogP contribution in [-0.4, -0.2) is 34.5 Å². The molecule has 1 aromatic heterocycles. The zero-order valence-corrected chi connectivity index (χ0v) is 16.5. The number of fused-ring (bicyclic) bond motifs is 1. The number of phenols is 1. The molecule has 1 saturated carbocycles. The molecule has 1 heterocycles. The number of rotatable bonds is 7. The summed E-state index contributed by atoms with van der Waals surface area (Å²) < 4.78 is 0. The summed E-state index contributed by atoms with van der Waals surface area (Å²) in [6, 6.07) is 14.5. The van der Waals surface area contributed by atoms with E-state index in [9.17, 15) is 14.7 Å². The van der Waals surface area contributed by atoms with Gasteiger partial charge < -0.3 is 21.5 Å². The van der Waals surface area contributed by atoms with Gasteiger partial charge in [0, 0.05) is 47.8 Å². The number of hydrogen-bond acceptors (Lipinski definition) is 5. The lowest BCUT2D eigenvalue weighted by molar-refractivity contribution is -0.116. The maximum Gasteiger partial charge on any atom is 0.251 e. The van der Waals surface area contributed by atoms with Gasteiger partial charge in [0.25, 0.3) is 5.91 Å². The van der Waals surface area contributed by atoms with Crippen molar-refractivity contribution >= 4 is 28.4 Å². The number of nitrogens with two attached hydrogens (primary N) is 1. The minimum Gasteiger partial charge on any atom is -0.506 e. The third-order valence-electron chi connectivity index (χ3n) is 5.32. The third kappa shape index (κ3) is 4.41. The SMILES string of the molecule is NC1CC1c1ccc(NC(=O)CCCNC(=O)c2ccc(O)c3ncccc23)cc1. The average Bonchev–Trinajstić information content (AvgIpc) is 3.48. The predicted octanol–water partition coefficient (Wildman–Crippen LogP) is 2.90. The molecule has 2 amide bonds. The number of benzene rings is 2. The Hall–Kier alpha value is -3.45. The summed E-state index contributed by atoms with van der Waals surface area (Å²) >= 11 is 0. The summed E-state index contributed by atoms with van der Waals surface area (Å²) in [5, 5.41) is 16.2. The molecule has 7 heteroatoms. The van der Waals surface area contributed by atoms with Gasteiger partial charge in [-0.3, -0.25) is 14.6 Å². The zero-order valence-electron chi connectivity index (χ0n) is 16.5. The molecule has 1 aliphatic rings. The van der Waals surface area contributed by atoms with Crippen molar-refractivity contribution in [3.05, 3.63) is 65.9 Å². The first-order valence-electron chi connectivity index (χ1n) is 10.0. The monoisotopic (exact) mass is 404 g/mol. The number of aromatic nitrogens is 1. The number of carbonyl (C=O) groups excluding carboxylic acids is 2. The van der Waals surface area contributed by atoms with Gasteiger partial charge in [-0.2, -0.15) is 0 Å². The molecule has 154 valence electrons. The van der Waals surface area contributed by atoms with Gasteiger partial charge in [-0.25, -0.2) is 0 Å². The van der Waals surface area contributed by atoms with E-state index in [1.54, 1.807) is 24.4 Å². The van der Waals surface area contributed by atoms with Gasteiger partial charge in [-0.05, 0) is 48.7 Å². The molecule has 2 atom stereocenters. The van der Waals surface area contributed by atoms with E-state index in [-0.39, 0.29) is 23.6 Å². The first kappa shape index (κ1) is 19.8. The zero-order chi connectivity index (χ0) is 21.1. The highest BCUT2D eigenvalue weighted by atomic mass is 16.3. The summed E-state index contributed by atoms with van der Waals surface area (Å²) in [7, 11) is 0. The van der Waals surface area contributed by atoms with Crippen LogP contribution in [0.5, 0.6) is 5.75 Å². The molecule has 4 rings (SSSR count). The lowest BCUT2D eigenvalue weighted by Gasteiger charge is -2.09. The van der Waals surface area contributed by atoms with Gasteiger partial charge in [0.1, 0.15) is 11.3 Å². The van der Waals surface area contributed by atoms with E-state index in [1.807, 2.05) is 24.3 Å². The summed E-state index contributed by atoms with van der Waals surface area (Å²) in [5.74, 6) is 0.119. The molecular formula is C23H24N4O3.